The smallest absolute Gasteiger partial charge is 0.413 e. The van der Waals surface area contributed by atoms with Crippen LogP contribution in [0.3, 0.4) is 0 Å². The van der Waals surface area contributed by atoms with Gasteiger partial charge in [-0.05, 0) is 36.8 Å². The lowest BCUT2D eigenvalue weighted by atomic mass is 9.98. The predicted octanol–water partition coefficient (Wildman–Crippen LogP) is 3.47. The number of ether oxygens (including phenoxy) is 1. The van der Waals surface area contributed by atoms with Crippen molar-refractivity contribution < 1.29 is 26.3 Å². The van der Waals surface area contributed by atoms with Crippen molar-refractivity contribution in [1.29, 1.82) is 0 Å². The van der Waals surface area contributed by atoms with Crippen molar-refractivity contribution in [3.05, 3.63) is 59.7 Å². The van der Waals surface area contributed by atoms with Gasteiger partial charge in [-0.15, -0.1) is 0 Å². The number of halogens is 3. The van der Waals surface area contributed by atoms with Gasteiger partial charge in [0.15, 0.2) is 5.54 Å². The van der Waals surface area contributed by atoms with E-state index in [-0.39, 0.29) is 10.5 Å². The standard InChI is InChI=1S/C17H16F3NO3S/c1-12-3-9-15(10-4-12)25(22,23)21-11-16(21,17(18,19)20)13-5-7-14(24-2)8-6-13/h3-10H,11H2,1-2H3. The van der Waals surface area contributed by atoms with Gasteiger partial charge in [-0.3, -0.25) is 0 Å². The molecule has 0 radical (unpaired) electrons. The lowest BCUT2D eigenvalue weighted by Crippen LogP contribution is -2.36. The zero-order valence-electron chi connectivity index (χ0n) is 13.5. The first kappa shape index (κ1) is 17.8. The van der Waals surface area contributed by atoms with E-state index in [1.54, 1.807) is 19.1 Å². The fraction of sp³-hybridized carbons (Fsp3) is 0.294. The summed E-state index contributed by atoms with van der Waals surface area (Å²) < 4.78 is 72.1. The van der Waals surface area contributed by atoms with Gasteiger partial charge >= 0.3 is 6.18 Å². The van der Waals surface area contributed by atoms with Crippen molar-refractivity contribution in [2.45, 2.75) is 23.5 Å². The molecule has 2 unspecified atom stereocenters. The number of methoxy groups -OCH3 is 1. The quantitative estimate of drug-likeness (QED) is 0.774. The molecule has 0 bridgehead atoms. The first-order valence-corrected chi connectivity index (χ1v) is 8.88. The highest BCUT2D eigenvalue weighted by molar-refractivity contribution is 7.89. The van der Waals surface area contributed by atoms with E-state index in [9.17, 15) is 21.6 Å². The molecule has 25 heavy (non-hydrogen) atoms. The van der Waals surface area contributed by atoms with Gasteiger partial charge in [0.2, 0.25) is 10.0 Å². The van der Waals surface area contributed by atoms with Crippen molar-refractivity contribution in [2.24, 2.45) is 0 Å². The summed E-state index contributed by atoms with van der Waals surface area (Å²) >= 11 is 0. The van der Waals surface area contributed by atoms with E-state index in [1.807, 2.05) is 0 Å². The average Bonchev–Trinajstić information content (AvgIpc) is 3.33. The highest BCUT2D eigenvalue weighted by atomic mass is 32.2. The number of rotatable bonds is 4. The molecule has 0 N–H and O–H groups in total. The van der Waals surface area contributed by atoms with Crippen LogP contribution in [-0.4, -0.2) is 32.6 Å². The van der Waals surface area contributed by atoms with Gasteiger partial charge in [0.05, 0.1) is 12.0 Å². The maximum Gasteiger partial charge on any atom is 0.413 e. The van der Waals surface area contributed by atoms with Crippen LogP contribution in [0.15, 0.2) is 53.4 Å². The number of alkyl halides is 3. The number of hydrogen-bond acceptors (Lipinski definition) is 3. The monoisotopic (exact) mass is 371 g/mol. The SMILES string of the molecule is COc1ccc(C2(C(F)(F)F)CN2S(=O)(=O)c2ccc(C)cc2)cc1. The van der Waals surface area contributed by atoms with Crippen LogP contribution in [0.4, 0.5) is 13.2 Å². The van der Waals surface area contributed by atoms with Crippen LogP contribution in [0.25, 0.3) is 0 Å². The molecule has 0 amide bonds. The van der Waals surface area contributed by atoms with E-state index in [0.717, 1.165) is 5.56 Å². The molecule has 1 aliphatic rings. The molecule has 4 nitrogen and oxygen atoms in total. The third-order valence-electron chi connectivity index (χ3n) is 4.34. The van der Waals surface area contributed by atoms with Crippen LogP contribution in [0, 0.1) is 6.92 Å². The van der Waals surface area contributed by atoms with Crippen molar-refractivity contribution in [3.63, 3.8) is 0 Å². The first-order chi connectivity index (χ1) is 11.6. The van der Waals surface area contributed by atoms with Crippen molar-refractivity contribution >= 4 is 10.0 Å². The van der Waals surface area contributed by atoms with E-state index in [0.29, 0.717) is 10.1 Å². The number of hydrogen-bond donors (Lipinski definition) is 0. The van der Waals surface area contributed by atoms with E-state index in [4.69, 9.17) is 4.74 Å². The number of sulfonamides is 1. The predicted molar refractivity (Wildman–Crippen MR) is 85.8 cm³/mol. The lowest BCUT2D eigenvalue weighted by molar-refractivity contribution is -0.168. The molecule has 2 aromatic rings. The number of benzene rings is 2. The van der Waals surface area contributed by atoms with Crippen molar-refractivity contribution in [2.75, 3.05) is 13.7 Å². The second kappa shape index (κ2) is 5.74. The van der Waals surface area contributed by atoms with Gasteiger partial charge < -0.3 is 4.74 Å². The minimum Gasteiger partial charge on any atom is -0.497 e. The Labute approximate surface area is 143 Å². The zero-order chi connectivity index (χ0) is 18.5. The summed E-state index contributed by atoms with van der Waals surface area (Å²) in [4.78, 5) is -0.155. The Hall–Kier alpha value is -2.06. The van der Waals surface area contributed by atoms with Crippen LogP contribution < -0.4 is 4.74 Å². The molecule has 8 heteroatoms. The Morgan fingerprint density at radius 3 is 2.08 bits per heavy atom. The van der Waals surface area contributed by atoms with Crippen LogP contribution in [-0.2, 0) is 15.6 Å². The van der Waals surface area contributed by atoms with Crippen LogP contribution in [0.5, 0.6) is 5.75 Å². The highest BCUT2D eigenvalue weighted by Gasteiger charge is 2.74. The van der Waals surface area contributed by atoms with Crippen LogP contribution in [0.1, 0.15) is 11.1 Å². The minimum atomic E-state index is -4.74. The fourth-order valence-electron chi connectivity index (χ4n) is 2.80. The number of aryl methyl sites for hydroxylation is 1. The van der Waals surface area contributed by atoms with E-state index >= 15 is 0 Å². The fourth-order valence-corrected chi connectivity index (χ4v) is 4.51. The molecule has 3 rings (SSSR count). The molecule has 0 saturated carbocycles. The third kappa shape index (κ3) is 2.79. The molecule has 2 aromatic carbocycles. The molecule has 1 aliphatic heterocycles. The van der Waals surface area contributed by atoms with Crippen molar-refractivity contribution in [3.8, 4) is 5.75 Å². The average molecular weight is 371 g/mol. The van der Waals surface area contributed by atoms with E-state index in [2.05, 4.69) is 0 Å². The Kier molecular flexibility index (Phi) is 4.08. The molecule has 1 saturated heterocycles. The molecular weight excluding hydrogens is 355 g/mol. The number of nitrogens with zero attached hydrogens (tertiary/aromatic N) is 1. The molecular formula is C17H16F3NO3S. The zero-order valence-corrected chi connectivity index (χ0v) is 14.4. The molecule has 0 aromatic heterocycles. The highest BCUT2D eigenvalue weighted by Crippen LogP contribution is 2.57. The molecule has 1 heterocycles. The second-order valence-corrected chi connectivity index (χ2v) is 7.77. The molecule has 134 valence electrons. The summed E-state index contributed by atoms with van der Waals surface area (Å²) in [7, 11) is -2.85. The summed E-state index contributed by atoms with van der Waals surface area (Å²) in [5, 5.41) is 0. The topological polar surface area (TPSA) is 46.4 Å². The maximum absolute atomic E-state index is 13.8. The van der Waals surface area contributed by atoms with E-state index < -0.39 is 28.3 Å². The first-order valence-electron chi connectivity index (χ1n) is 7.44. The summed E-state index contributed by atoms with van der Waals surface area (Å²) in [5.41, 5.74) is -1.85. The summed E-state index contributed by atoms with van der Waals surface area (Å²) in [5.74, 6) is 0.398. The van der Waals surface area contributed by atoms with Crippen molar-refractivity contribution in [1.82, 2.24) is 4.31 Å². The lowest BCUT2D eigenvalue weighted by Gasteiger charge is -2.22. The van der Waals surface area contributed by atoms with Gasteiger partial charge in [-0.2, -0.15) is 17.5 Å². The molecule has 1 fully saturated rings. The normalized spacial score (nSPS) is 23.3. The maximum atomic E-state index is 13.8. The molecule has 2 atom stereocenters. The third-order valence-corrected chi connectivity index (χ3v) is 6.23. The largest absolute Gasteiger partial charge is 0.497 e. The summed E-state index contributed by atoms with van der Waals surface area (Å²) in [6.07, 6.45) is -4.74. The molecule has 0 spiro atoms. The Bertz CT molecular complexity index is 877. The molecule has 0 aliphatic carbocycles. The van der Waals surface area contributed by atoms with Gasteiger partial charge in [-0.1, -0.05) is 29.8 Å². The van der Waals surface area contributed by atoms with E-state index in [1.165, 1.54) is 43.5 Å². The van der Waals surface area contributed by atoms with Crippen LogP contribution in [0.2, 0.25) is 0 Å². The minimum absolute atomic E-state index is 0.128. The van der Waals surface area contributed by atoms with Gasteiger partial charge in [-0.25, -0.2) is 8.42 Å². The Balaban J connectivity index is 2.04. The van der Waals surface area contributed by atoms with Gasteiger partial charge in [0.1, 0.15) is 5.75 Å². The summed E-state index contributed by atoms with van der Waals surface area (Å²) in [6.45, 7) is 1.13. The Morgan fingerprint density at radius 2 is 1.60 bits per heavy atom. The van der Waals surface area contributed by atoms with Gasteiger partial charge in [0, 0.05) is 6.54 Å². The Morgan fingerprint density at radius 1 is 1.04 bits per heavy atom. The van der Waals surface area contributed by atoms with Gasteiger partial charge in [0.25, 0.3) is 0 Å². The summed E-state index contributed by atoms with van der Waals surface area (Å²) in [6, 6.07) is 11.0. The second-order valence-electron chi connectivity index (χ2n) is 5.91. The van der Waals surface area contributed by atoms with Crippen LogP contribution >= 0.6 is 0 Å².